The summed E-state index contributed by atoms with van der Waals surface area (Å²) in [6, 6.07) is 7.15. The Morgan fingerprint density at radius 1 is 1.23 bits per heavy atom. The highest BCUT2D eigenvalue weighted by Crippen LogP contribution is 2.27. The molecule has 0 spiro atoms. The van der Waals surface area contributed by atoms with E-state index in [1.807, 2.05) is 24.9 Å². The maximum atomic E-state index is 6.04. The van der Waals surface area contributed by atoms with Crippen molar-refractivity contribution in [3.05, 3.63) is 46.3 Å². The van der Waals surface area contributed by atoms with E-state index < -0.39 is 0 Å². The first kappa shape index (κ1) is 18.7. The fourth-order valence-electron chi connectivity index (χ4n) is 2.64. The van der Waals surface area contributed by atoms with Crippen LogP contribution in [-0.4, -0.2) is 46.4 Å². The Labute approximate surface area is 161 Å². The molecule has 0 saturated heterocycles. The minimum Gasteiger partial charge on any atom is -0.489 e. The van der Waals surface area contributed by atoms with Crippen molar-refractivity contribution in [2.45, 2.75) is 19.6 Å². The van der Waals surface area contributed by atoms with Gasteiger partial charge in [0, 0.05) is 26.3 Å². The molecule has 0 N–H and O–H groups in total. The van der Waals surface area contributed by atoms with Crippen molar-refractivity contribution in [1.82, 2.24) is 19.6 Å². The van der Waals surface area contributed by atoms with Crippen molar-refractivity contribution in [3.63, 3.8) is 0 Å². The third kappa shape index (κ3) is 4.17. The highest BCUT2D eigenvalue weighted by molar-refractivity contribution is 6.42. The quantitative estimate of drug-likeness (QED) is 0.609. The Hall–Kier alpha value is -2.09. The summed E-state index contributed by atoms with van der Waals surface area (Å²) in [6.45, 7) is 3.00. The number of fused-ring (bicyclic) bond motifs is 1. The first-order valence-electron chi connectivity index (χ1n) is 7.99. The topological polar surface area (TPSA) is 64.8 Å². The van der Waals surface area contributed by atoms with Crippen molar-refractivity contribution in [2.75, 3.05) is 25.6 Å². The van der Waals surface area contributed by atoms with Crippen LogP contribution in [0.15, 0.2) is 30.6 Å². The van der Waals surface area contributed by atoms with Crippen LogP contribution < -0.4 is 9.64 Å². The number of hydrogen-bond acceptors (Lipinski definition) is 6. The Kier molecular flexibility index (Phi) is 5.80. The van der Waals surface area contributed by atoms with Crippen LogP contribution in [0.5, 0.6) is 5.75 Å². The van der Waals surface area contributed by atoms with E-state index in [9.17, 15) is 0 Å². The summed E-state index contributed by atoms with van der Waals surface area (Å²) in [7, 11) is 3.59. The lowest BCUT2D eigenvalue weighted by atomic mass is 10.3. The van der Waals surface area contributed by atoms with Gasteiger partial charge in [0.1, 0.15) is 24.0 Å². The number of likely N-dealkylation sites (N-methyl/N-ethyl adjacent to an activating group) is 1. The molecule has 138 valence electrons. The van der Waals surface area contributed by atoms with E-state index in [1.165, 1.54) is 6.33 Å². The zero-order chi connectivity index (χ0) is 18.7. The van der Waals surface area contributed by atoms with Gasteiger partial charge in [0.15, 0.2) is 0 Å². The minimum absolute atomic E-state index is 0.102. The largest absolute Gasteiger partial charge is 0.489 e. The van der Waals surface area contributed by atoms with Crippen LogP contribution >= 0.6 is 23.2 Å². The molecule has 0 radical (unpaired) electrons. The predicted octanol–water partition coefficient (Wildman–Crippen LogP) is 3.48. The molecule has 0 aliphatic carbocycles. The fraction of sp³-hybridized carbons (Fsp3) is 0.353. The number of aromatic nitrogens is 4. The molecule has 2 aromatic heterocycles. The molecule has 0 aliphatic heterocycles. The lowest BCUT2D eigenvalue weighted by Gasteiger charge is -2.24. The summed E-state index contributed by atoms with van der Waals surface area (Å²) in [5, 5.41) is 5.21. The van der Waals surface area contributed by atoms with Crippen LogP contribution in [0.2, 0.25) is 10.0 Å². The van der Waals surface area contributed by atoms with Crippen LogP contribution in [0, 0.1) is 0 Å². The van der Waals surface area contributed by atoms with Crippen LogP contribution in [0.1, 0.15) is 12.6 Å². The average Bonchev–Trinajstić information content (AvgIpc) is 3.06. The molecular weight excluding hydrogens is 377 g/mol. The Morgan fingerprint density at radius 2 is 2.04 bits per heavy atom. The van der Waals surface area contributed by atoms with E-state index in [4.69, 9.17) is 32.7 Å². The first-order valence-corrected chi connectivity index (χ1v) is 8.75. The normalized spacial score (nSPS) is 12.3. The molecule has 1 aromatic carbocycles. The third-order valence-electron chi connectivity index (χ3n) is 3.73. The lowest BCUT2D eigenvalue weighted by molar-refractivity contribution is 0.181. The Morgan fingerprint density at radius 3 is 2.77 bits per heavy atom. The summed E-state index contributed by atoms with van der Waals surface area (Å²) in [6.07, 6.45) is 1.38. The van der Waals surface area contributed by atoms with E-state index in [2.05, 4.69) is 15.1 Å². The van der Waals surface area contributed by atoms with E-state index in [-0.39, 0.29) is 6.10 Å². The number of methoxy groups -OCH3 is 1. The predicted molar refractivity (Wildman–Crippen MR) is 101 cm³/mol. The zero-order valence-corrected chi connectivity index (χ0v) is 16.2. The Balaban J connectivity index is 1.76. The second-order valence-electron chi connectivity index (χ2n) is 5.90. The van der Waals surface area contributed by atoms with Gasteiger partial charge in [0.2, 0.25) is 0 Å². The molecular formula is C17H19Cl2N5O2. The van der Waals surface area contributed by atoms with Gasteiger partial charge >= 0.3 is 0 Å². The van der Waals surface area contributed by atoms with Gasteiger partial charge < -0.3 is 14.4 Å². The van der Waals surface area contributed by atoms with E-state index >= 15 is 0 Å². The highest BCUT2D eigenvalue weighted by atomic mass is 35.5. The van der Waals surface area contributed by atoms with Crippen molar-refractivity contribution in [3.8, 4) is 5.75 Å². The number of nitrogens with zero attached hydrogens (tertiary/aromatic N) is 5. The van der Waals surface area contributed by atoms with Gasteiger partial charge in [0.25, 0.3) is 5.78 Å². The fourth-order valence-corrected chi connectivity index (χ4v) is 2.92. The van der Waals surface area contributed by atoms with Gasteiger partial charge in [-0.05, 0) is 19.1 Å². The molecule has 0 saturated carbocycles. The number of anilines is 1. The van der Waals surface area contributed by atoms with E-state index in [0.29, 0.717) is 34.7 Å². The average molecular weight is 396 g/mol. The third-order valence-corrected chi connectivity index (χ3v) is 4.47. The Bertz CT molecular complexity index is 902. The van der Waals surface area contributed by atoms with Crippen molar-refractivity contribution < 1.29 is 9.47 Å². The van der Waals surface area contributed by atoms with Gasteiger partial charge in [-0.1, -0.05) is 23.2 Å². The van der Waals surface area contributed by atoms with Crippen molar-refractivity contribution >= 4 is 34.8 Å². The van der Waals surface area contributed by atoms with Crippen molar-refractivity contribution in [1.29, 1.82) is 0 Å². The van der Waals surface area contributed by atoms with E-state index in [0.717, 1.165) is 11.5 Å². The smallest absolute Gasteiger partial charge is 0.254 e. The summed E-state index contributed by atoms with van der Waals surface area (Å²) >= 11 is 12.0. The number of halogens is 2. The zero-order valence-electron chi connectivity index (χ0n) is 14.7. The lowest BCUT2D eigenvalue weighted by Crippen LogP contribution is -2.32. The maximum absolute atomic E-state index is 6.04. The maximum Gasteiger partial charge on any atom is 0.254 e. The molecule has 1 atom stereocenters. The van der Waals surface area contributed by atoms with Gasteiger partial charge in [-0.15, -0.1) is 0 Å². The van der Waals surface area contributed by atoms with Gasteiger partial charge in [0.05, 0.1) is 28.9 Å². The number of hydrogen-bond donors (Lipinski definition) is 0. The minimum atomic E-state index is -0.102. The van der Waals surface area contributed by atoms with Gasteiger partial charge in [-0.3, -0.25) is 0 Å². The standard InChI is InChI=1S/C17H19Cl2N5O2/c1-11(26-13-4-5-14(18)15(19)7-13)8-23(2)16-6-12(9-25-3)22-17-20-10-21-24(16)17/h4-7,10-11H,8-9H2,1-3H3. The summed E-state index contributed by atoms with van der Waals surface area (Å²) in [5.74, 6) is 2.05. The molecule has 3 rings (SSSR count). The van der Waals surface area contributed by atoms with Gasteiger partial charge in [-0.2, -0.15) is 14.6 Å². The van der Waals surface area contributed by atoms with Crippen LogP contribution in [0.3, 0.4) is 0 Å². The second-order valence-corrected chi connectivity index (χ2v) is 6.71. The monoisotopic (exact) mass is 395 g/mol. The molecule has 26 heavy (non-hydrogen) atoms. The number of ether oxygens (including phenoxy) is 2. The van der Waals surface area contributed by atoms with Crippen LogP contribution in [0.25, 0.3) is 5.78 Å². The molecule has 2 heterocycles. The second kappa shape index (κ2) is 8.07. The summed E-state index contributed by atoms with van der Waals surface area (Å²) in [5.41, 5.74) is 0.785. The molecule has 0 aliphatic rings. The summed E-state index contributed by atoms with van der Waals surface area (Å²) < 4.78 is 12.8. The molecule has 0 bridgehead atoms. The van der Waals surface area contributed by atoms with Crippen LogP contribution in [0.4, 0.5) is 5.82 Å². The first-order chi connectivity index (χ1) is 12.5. The summed E-state index contributed by atoms with van der Waals surface area (Å²) in [4.78, 5) is 10.6. The molecule has 7 nitrogen and oxygen atoms in total. The number of rotatable bonds is 7. The highest BCUT2D eigenvalue weighted by Gasteiger charge is 2.15. The van der Waals surface area contributed by atoms with Crippen molar-refractivity contribution in [2.24, 2.45) is 0 Å². The van der Waals surface area contributed by atoms with Crippen LogP contribution in [-0.2, 0) is 11.3 Å². The molecule has 0 fully saturated rings. The molecule has 0 amide bonds. The SMILES string of the molecule is COCc1cc(N(C)CC(C)Oc2ccc(Cl)c(Cl)c2)n2ncnc2n1. The number of benzene rings is 1. The molecule has 1 unspecified atom stereocenters. The van der Waals surface area contributed by atoms with E-state index in [1.54, 1.807) is 29.8 Å². The molecule has 9 heteroatoms. The molecule has 3 aromatic rings. The van der Waals surface area contributed by atoms with Gasteiger partial charge in [-0.25, -0.2) is 4.98 Å².